The molecular formula is C12H20N2O3S. The maximum atomic E-state index is 11.9. The molecule has 1 unspecified atom stereocenters. The predicted octanol–water partition coefficient (Wildman–Crippen LogP) is 1.10. The molecule has 0 fully saturated rings. The molecule has 0 saturated heterocycles. The zero-order chi connectivity index (χ0) is 13.8. The van der Waals surface area contributed by atoms with Crippen LogP contribution in [0, 0.1) is 0 Å². The lowest BCUT2D eigenvalue weighted by molar-refractivity contribution is 0.242. The van der Waals surface area contributed by atoms with Crippen LogP contribution >= 0.6 is 0 Å². The zero-order valence-electron chi connectivity index (χ0n) is 10.9. The minimum absolute atomic E-state index is 0.0590. The Morgan fingerprint density at radius 1 is 1.22 bits per heavy atom. The average Bonchev–Trinajstić information content (AvgIpc) is 2.26. The van der Waals surface area contributed by atoms with Gasteiger partial charge in [0.25, 0.3) is 0 Å². The second-order valence-corrected chi connectivity index (χ2v) is 6.23. The van der Waals surface area contributed by atoms with E-state index >= 15 is 0 Å². The van der Waals surface area contributed by atoms with E-state index < -0.39 is 10.0 Å². The molecule has 0 saturated carbocycles. The Hall–Kier alpha value is -1.11. The summed E-state index contributed by atoms with van der Waals surface area (Å²) < 4.78 is 31.6. The Kier molecular flexibility index (Phi) is 5.13. The van der Waals surface area contributed by atoms with Crippen molar-refractivity contribution in [1.82, 2.24) is 4.72 Å². The lowest BCUT2D eigenvalue weighted by Gasteiger charge is -2.11. The lowest BCUT2D eigenvalue weighted by Crippen LogP contribution is -2.35. The fourth-order valence-electron chi connectivity index (χ4n) is 1.29. The van der Waals surface area contributed by atoms with Crippen LogP contribution in [0.5, 0.6) is 5.75 Å². The van der Waals surface area contributed by atoms with E-state index in [0.717, 1.165) is 0 Å². The van der Waals surface area contributed by atoms with Gasteiger partial charge in [0, 0.05) is 12.6 Å². The van der Waals surface area contributed by atoms with E-state index in [2.05, 4.69) is 4.72 Å². The van der Waals surface area contributed by atoms with Crippen molar-refractivity contribution in [2.75, 3.05) is 6.54 Å². The number of nitrogens with two attached hydrogens (primary N) is 1. The quantitative estimate of drug-likeness (QED) is 0.812. The second kappa shape index (κ2) is 6.17. The molecule has 1 aromatic carbocycles. The summed E-state index contributed by atoms with van der Waals surface area (Å²) in [7, 11) is -3.49. The highest BCUT2D eigenvalue weighted by Crippen LogP contribution is 2.16. The summed E-state index contributed by atoms with van der Waals surface area (Å²) >= 11 is 0. The molecule has 3 N–H and O–H groups in total. The van der Waals surface area contributed by atoms with E-state index in [1.54, 1.807) is 19.1 Å². The van der Waals surface area contributed by atoms with Gasteiger partial charge < -0.3 is 10.5 Å². The Morgan fingerprint density at radius 3 is 2.22 bits per heavy atom. The lowest BCUT2D eigenvalue weighted by atomic mass is 10.3. The van der Waals surface area contributed by atoms with Crippen molar-refractivity contribution < 1.29 is 13.2 Å². The van der Waals surface area contributed by atoms with E-state index in [9.17, 15) is 8.42 Å². The van der Waals surface area contributed by atoms with Crippen LogP contribution in [0.3, 0.4) is 0 Å². The molecule has 0 aromatic heterocycles. The first-order valence-electron chi connectivity index (χ1n) is 5.83. The van der Waals surface area contributed by atoms with Crippen molar-refractivity contribution in [3.05, 3.63) is 24.3 Å². The van der Waals surface area contributed by atoms with Crippen LogP contribution in [0.1, 0.15) is 20.8 Å². The summed E-state index contributed by atoms with van der Waals surface area (Å²) in [6, 6.07) is 6.09. The topological polar surface area (TPSA) is 81.4 Å². The summed E-state index contributed by atoms with van der Waals surface area (Å²) in [5.41, 5.74) is 5.51. The number of nitrogens with one attached hydrogen (secondary N) is 1. The van der Waals surface area contributed by atoms with Crippen molar-refractivity contribution >= 4 is 10.0 Å². The number of ether oxygens (including phenoxy) is 1. The number of benzene rings is 1. The third-order valence-corrected chi connectivity index (χ3v) is 3.54. The van der Waals surface area contributed by atoms with Crippen LogP contribution in [-0.4, -0.2) is 27.1 Å². The highest BCUT2D eigenvalue weighted by atomic mass is 32.2. The molecule has 102 valence electrons. The average molecular weight is 272 g/mol. The zero-order valence-corrected chi connectivity index (χ0v) is 11.7. The summed E-state index contributed by atoms with van der Waals surface area (Å²) in [6.45, 7) is 5.78. The van der Waals surface area contributed by atoms with Crippen LogP contribution in [0.4, 0.5) is 0 Å². The van der Waals surface area contributed by atoms with Crippen molar-refractivity contribution in [3.8, 4) is 5.75 Å². The van der Waals surface area contributed by atoms with Gasteiger partial charge in [-0.25, -0.2) is 13.1 Å². The normalized spacial score (nSPS) is 13.6. The molecule has 0 heterocycles. The van der Waals surface area contributed by atoms with Gasteiger partial charge >= 0.3 is 0 Å². The van der Waals surface area contributed by atoms with Crippen LogP contribution in [0.25, 0.3) is 0 Å². The molecule has 5 nitrogen and oxygen atoms in total. The smallest absolute Gasteiger partial charge is 0.240 e. The molecule has 0 amide bonds. The molecule has 0 aliphatic heterocycles. The summed E-state index contributed by atoms with van der Waals surface area (Å²) in [4.78, 5) is 0.208. The summed E-state index contributed by atoms with van der Waals surface area (Å²) in [5.74, 6) is 0.649. The van der Waals surface area contributed by atoms with Crippen LogP contribution < -0.4 is 15.2 Å². The van der Waals surface area contributed by atoms with Gasteiger partial charge in [-0.3, -0.25) is 0 Å². The maximum absolute atomic E-state index is 11.9. The first-order chi connectivity index (χ1) is 8.31. The van der Waals surface area contributed by atoms with Gasteiger partial charge in [0.2, 0.25) is 10.0 Å². The van der Waals surface area contributed by atoms with Gasteiger partial charge in [-0.2, -0.15) is 0 Å². The molecular weight excluding hydrogens is 252 g/mol. The highest BCUT2D eigenvalue weighted by molar-refractivity contribution is 7.89. The SMILES string of the molecule is CC(N)CNS(=O)(=O)c1ccc(OC(C)C)cc1. The summed E-state index contributed by atoms with van der Waals surface area (Å²) in [6.07, 6.45) is 0.0590. The Labute approximate surface area is 108 Å². The summed E-state index contributed by atoms with van der Waals surface area (Å²) in [5, 5.41) is 0. The molecule has 1 rings (SSSR count). The molecule has 0 bridgehead atoms. The molecule has 18 heavy (non-hydrogen) atoms. The van der Waals surface area contributed by atoms with Crippen molar-refractivity contribution in [2.24, 2.45) is 5.73 Å². The van der Waals surface area contributed by atoms with E-state index in [1.165, 1.54) is 12.1 Å². The van der Waals surface area contributed by atoms with E-state index in [-0.39, 0.29) is 23.6 Å². The molecule has 1 atom stereocenters. The molecule has 1 aromatic rings. The molecule has 0 spiro atoms. The molecule has 6 heteroatoms. The Balaban J connectivity index is 2.78. The highest BCUT2D eigenvalue weighted by Gasteiger charge is 2.14. The van der Waals surface area contributed by atoms with E-state index in [0.29, 0.717) is 5.75 Å². The van der Waals surface area contributed by atoms with Gasteiger partial charge in [-0.05, 0) is 45.0 Å². The van der Waals surface area contributed by atoms with Gasteiger partial charge in [0.1, 0.15) is 5.75 Å². The van der Waals surface area contributed by atoms with Gasteiger partial charge in [0.05, 0.1) is 11.0 Å². The number of rotatable bonds is 6. The minimum atomic E-state index is -3.49. The maximum Gasteiger partial charge on any atom is 0.240 e. The second-order valence-electron chi connectivity index (χ2n) is 4.47. The fraction of sp³-hybridized carbons (Fsp3) is 0.500. The molecule has 0 aliphatic carbocycles. The largest absolute Gasteiger partial charge is 0.491 e. The van der Waals surface area contributed by atoms with Crippen molar-refractivity contribution in [3.63, 3.8) is 0 Å². The number of hydrogen-bond acceptors (Lipinski definition) is 4. The first-order valence-corrected chi connectivity index (χ1v) is 7.31. The Bertz CT molecular complexity index is 467. The van der Waals surface area contributed by atoms with E-state index in [1.807, 2.05) is 13.8 Å². The van der Waals surface area contributed by atoms with Crippen molar-refractivity contribution in [1.29, 1.82) is 0 Å². The van der Waals surface area contributed by atoms with Gasteiger partial charge in [-0.1, -0.05) is 0 Å². The van der Waals surface area contributed by atoms with Crippen LogP contribution in [-0.2, 0) is 10.0 Å². The van der Waals surface area contributed by atoms with Crippen LogP contribution in [0.15, 0.2) is 29.2 Å². The molecule has 0 aliphatic rings. The first kappa shape index (κ1) is 14.9. The van der Waals surface area contributed by atoms with Gasteiger partial charge in [0.15, 0.2) is 0 Å². The van der Waals surface area contributed by atoms with E-state index in [4.69, 9.17) is 10.5 Å². The molecule has 0 radical (unpaired) electrons. The number of hydrogen-bond donors (Lipinski definition) is 2. The third kappa shape index (κ3) is 4.64. The minimum Gasteiger partial charge on any atom is -0.491 e. The van der Waals surface area contributed by atoms with Gasteiger partial charge in [-0.15, -0.1) is 0 Å². The monoisotopic (exact) mass is 272 g/mol. The third-order valence-electron chi connectivity index (χ3n) is 2.10. The van der Waals surface area contributed by atoms with Crippen molar-refractivity contribution in [2.45, 2.75) is 37.8 Å². The Morgan fingerprint density at radius 2 is 1.78 bits per heavy atom. The standard InChI is InChI=1S/C12H20N2O3S/c1-9(2)17-11-4-6-12(7-5-11)18(15,16)14-8-10(3)13/h4-7,9-10,14H,8,13H2,1-3H3. The fourth-order valence-corrected chi connectivity index (χ4v) is 2.44. The van der Waals surface area contributed by atoms with Crippen LogP contribution in [0.2, 0.25) is 0 Å². The predicted molar refractivity (Wildman–Crippen MR) is 71.0 cm³/mol. The number of sulfonamides is 1.